The summed E-state index contributed by atoms with van der Waals surface area (Å²) in [5.41, 5.74) is 1.79. The van der Waals surface area contributed by atoms with E-state index >= 15 is 0 Å². The Balaban J connectivity index is 3.37. The molecule has 1 N–H and O–H groups in total. The van der Waals surface area contributed by atoms with Gasteiger partial charge in [0.05, 0.1) is 13.0 Å². The number of carbonyl (C=O) groups excluding carboxylic acids is 1. The minimum absolute atomic E-state index is 0.217. The molecule has 0 spiro atoms. The molecule has 0 saturated heterocycles. The van der Waals surface area contributed by atoms with Crippen LogP contribution in [0.15, 0.2) is 0 Å². The average molecular weight is 201 g/mol. The molecule has 0 rings (SSSR count). The van der Waals surface area contributed by atoms with Gasteiger partial charge in [-0.2, -0.15) is 18.7 Å². The number of halogens is 3. The van der Waals surface area contributed by atoms with Crippen LogP contribution in [0.5, 0.6) is 0 Å². The first-order valence-electron chi connectivity index (χ1n) is 3.57. The van der Waals surface area contributed by atoms with E-state index in [1.165, 1.54) is 0 Å². The second kappa shape index (κ2) is 5.63. The fraction of sp³-hybridized carbons (Fsp3) is 0.833. The first kappa shape index (κ1) is 12.0. The van der Waals surface area contributed by atoms with Crippen molar-refractivity contribution in [2.45, 2.75) is 19.5 Å². The van der Waals surface area contributed by atoms with Crippen LogP contribution in [0, 0.1) is 0 Å². The van der Waals surface area contributed by atoms with Crippen LogP contribution in [0.3, 0.4) is 0 Å². The SMILES string of the molecule is CCONC(=O)OCCC(F)(F)F. The van der Waals surface area contributed by atoms with Crippen LogP contribution < -0.4 is 5.48 Å². The Morgan fingerprint density at radius 1 is 1.46 bits per heavy atom. The van der Waals surface area contributed by atoms with Crippen LogP contribution in [-0.4, -0.2) is 25.5 Å². The fourth-order valence-corrected chi connectivity index (χ4v) is 0.420. The van der Waals surface area contributed by atoms with Gasteiger partial charge in [0, 0.05) is 0 Å². The summed E-state index contributed by atoms with van der Waals surface area (Å²) in [4.78, 5) is 14.8. The molecular formula is C6H10F3NO3. The maximum atomic E-state index is 11.5. The Morgan fingerprint density at radius 2 is 2.08 bits per heavy atom. The van der Waals surface area contributed by atoms with Gasteiger partial charge in [-0.3, -0.25) is 4.84 Å². The molecule has 0 aliphatic carbocycles. The maximum absolute atomic E-state index is 11.5. The van der Waals surface area contributed by atoms with Crippen molar-refractivity contribution in [2.24, 2.45) is 0 Å². The third-order valence-corrected chi connectivity index (χ3v) is 0.919. The molecule has 0 unspecified atom stereocenters. The van der Waals surface area contributed by atoms with E-state index in [1.807, 2.05) is 0 Å². The monoisotopic (exact) mass is 201 g/mol. The van der Waals surface area contributed by atoms with Crippen molar-refractivity contribution in [2.75, 3.05) is 13.2 Å². The molecule has 0 aliphatic heterocycles. The highest BCUT2D eigenvalue weighted by molar-refractivity contribution is 5.65. The van der Waals surface area contributed by atoms with Crippen molar-refractivity contribution in [3.8, 4) is 0 Å². The van der Waals surface area contributed by atoms with Gasteiger partial charge in [0.2, 0.25) is 0 Å². The number of carbonyl (C=O) groups is 1. The van der Waals surface area contributed by atoms with E-state index in [2.05, 4.69) is 9.57 Å². The molecule has 0 aliphatic rings. The van der Waals surface area contributed by atoms with E-state index in [0.717, 1.165) is 0 Å². The number of amides is 1. The van der Waals surface area contributed by atoms with Gasteiger partial charge in [-0.1, -0.05) is 0 Å². The molecule has 7 heteroatoms. The van der Waals surface area contributed by atoms with E-state index in [-0.39, 0.29) is 6.61 Å². The Labute approximate surface area is 73.0 Å². The van der Waals surface area contributed by atoms with Crippen molar-refractivity contribution in [3.05, 3.63) is 0 Å². The summed E-state index contributed by atoms with van der Waals surface area (Å²) in [6.07, 6.45) is -6.50. The molecule has 13 heavy (non-hydrogen) atoms. The zero-order chi connectivity index (χ0) is 10.3. The molecule has 0 saturated carbocycles. The van der Waals surface area contributed by atoms with Gasteiger partial charge in [0.15, 0.2) is 0 Å². The normalized spacial score (nSPS) is 11.1. The minimum atomic E-state index is -4.31. The molecule has 0 atom stereocenters. The highest BCUT2D eigenvalue weighted by Crippen LogP contribution is 2.18. The highest BCUT2D eigenvalue weighted by Gasteiger charge is 2.27. The van der Waals surface area contributed by atoms with Crippen LogP contribution in [0.4, 0.5) is 18.0 Å². The summed E-state index contributed by atoms with van der Waals surface area (Å²) < 4.78 is 38.7. The topological polar surface area (TPSA) is 47.6 Å². The van der Waals surface area contributed by atoms with Crippen LogP contribution >= 0.6 is 0 Å². The van der Waals surface area contributed by atoms with E-state index in [4.69, 9.17) is 0 Å². The second-order valence-electron chi connectivity index (χ2n) is 2.04. The van der Waals surface area contributed by atoms with Crippen LogP contribution in [0.2, 0.25) is 0 Å². The fourth-order valence-electron chi connectivity index (χ4n) is 0.420. The van der Waals surface area contributed by atoms with Gasteiger partial charge in [-0.25, -0.2) is 4.79 Å². The zero-order valence-corrected chi connectivity index (χ0v) is 6.98. The van der Waals surface area contributed by atoms with Gasteiger partial charge < -0.3 is 4.74 Å². The standard InChI is InChI=1S/C6H10F3NO3/c1-2-13-10-5(11)12-4-3-6(7,8)9/h2-4H2,1H3,(H,10,11). The predicted molar refractivity (Wildman–Crippen MR) is 36.8 cm³/mol. The molecule has 0 aromatic rings. The minimum Gasteiger partial charge on any atom is -0.448 e. The van der Waals surface area contributed by atoms with Crippen molar-refractivity contribution in [3.63, 3.8) is 0 Å². The Hall–Kier alpha value is -0.980. The number of hydrogen-bond acceptors (Lipinski definition) is 3. The summed E-state index contributed by atoms with van der Waals surface area (Å²) in [7, 11) is 0. The number of hydrogen-bond donors (Lipinski definition) is 1. The molecule has 4 nitrogen and oxygen atoms in total. The Morgan fingerprint density at radius 3 is 2.54 bits per heavy atom. The van der Waals surface area contributed by atoms with Crippen molar-refractivity contribution in [1.82, 2.24) is 5.48 Å². The lowest BCUT2D eigenvalue weighted by molar-refractivity contribution is -0.141. The highest BCUT2D eigenvalue weighted by atomic mass is 19.4. The first-order chi connectivity index (χ1) is 5.95. The molecule has 0 aromatic carbocycles. The van der Waals surface area contributed by atoms with E-state index < -0.39 is 25.3 Å². The first-order valence-corrected chi connectivity index (χ1v) is 3.57. The van der Waals surface area contributed by atoms with Crippen LogP contribution in [0.1, 0.15) is 13.3 Å². The summed E-state index contributed by atoms with van der Waals surface area (Å²) in [5.74, 6) is 0. The molecule has 0 heterocycles. The number of nitrogens with one attached hydrogen (secondary N) is 1. The third kappa shape index (κ3) is 8.93. The largest absolute Gasteiger partial charge is 0.448 e. The molecule has 1 amide bonds. The van der Waals surface area contributed by atoms with Gasteiger partial charge in [0.1, 0.15) is 6.61 Å². The summed E-state index contributed by atoms with van der Waals surface area (Å²) in [6, 6.07) is 0. The second-order valence-corrected chi connectivity index (χ2v) is 2.04. The molecule has 78 valence electrons. The van der Waals surface area contributed by atoms with Crippen LogP contribution in [0.25, 0.3) is 0 Å². The average Bonchev–Trinajstić information content (AvgIpc) is 1.98. The van der Waals surface area contributed by atoms with Crippen molar-refractivity contribution < 1.29 is 27.5 Å². The van der Waals surface area contributed by atoms with Gasteiger partial charge >= 0.3 is 12.3 Å². The smallest absolute Gasteiger partial charge is 0.431 e. The Kier molecular flexibility index (Phi) is 5.20. The summed E-state index contributed by atoms with van der Waals surface area (Å²) in [5, 5.41) is 0. The van der Waals surface area contributed by atoms with E-state index in [0.29, 0.717) is 0 Å². The third-order valence-electron chi connectivity index (χ3n) is 0.919. The lowest BCUT2D eigenvalue weighted by Crippen LogP contribution is -2.26. The molecular weight excluding hydrogens is 191 g/mol. The molecule has 0 radical (unpaired) electrons. The molecule has 0 aromatic heterocycles. The number of hydroxylamine groups is 1. The van der Waals surface area contributed by atoms with E-state index in [1.54, 1.807) is 12.4 Å². The van der Waals surface area contributed by atoms with E-state index in [9.17, 15) is 18.0 Å². The van der Waals surface area contributed by atoms with Gasteiger partial charge in [-0.05, 0) is 6.92 Å². The molecule has 0 fully saturated rings. The van der Waals surface area contributed by atoms with Crippen molar-refractivity contribution in [1.29, 1.82) is 0 Å². The van der Waals surface area contributed by atoms with Crippen LogP contribution in [-0.2, 0) is 9.57 Å². The number of ether oxygens (including phenoxy) is 1. The summed E-state index contributed by atoms with van der Waals surface area (Å²) in [6.45, 7) is 1.12. The lowest BCUT2D eigenvalue weighted by atomic mass is 10.4. The van der Waals surface area contributed by atoms with Gasteiger partial charge in [0.25, 0.3) is 0 Å². The van der Waals surface area contributed by atoms with Gasteiger partial charge in [-0.15, -0.1) is 0 Å². The number of rotatable bonds is 4. The quantitative estimate of drug-likeness (QED) is 0.703. The predicted octanol–water partition coefficient (Wildman–Crippen LogP) is 1.62. The lowest BCUT2D eigenvalue weighted by Gasteiger charge is -2.07. The number of alkyl halides is 3. The Bertz CT molecular complexity index is 160. The van der Waals surface area contributed by atoms with Crippen molar-refractivity contribution >= 4 is 6.09 Å². The molecule has 0 bridgehead atoms. The maximum Gasteiger partial charge on any atom is 0.431 e. The summed E-state index contributed by atoms with van der Waals surface area (Å²) >= 11 is 0. The zero-order valence-electron chi connectivity index (χ0n) is 6.98.